The van der Waals surface area contributed by atoms with E-state index in [0.29, 0.717) is 23.9 Å². The molecular weight excluding hydrogens is 240 g/mol. The van der Waals surface area contributed by atoms with Gasteiger partial charge in [-0.2, -0.15) is 0 Å². The van der Waals surface area contributed by atoms with Crippen LogP contribution in [0, 0.1) is 5.92 Å². The van der Waals surface area contributed by atoms with Gasteiger partial charge in [-0.3, -0.25) is 0 Å². The van der Waals surface area contributed by atoms with Crippen LogP contribution in [0.25, 0.3) is 0 Å². The molecule has 2 unspecified atom stereocenters. The van der Waals surface area contributed by atoms with Crippen LogP contribution in [0.1, 0.15) is 43.5 Å². The molecule has 1 aromatic rings. The fourth-order valence-electron chi connectivity index (χ4n) is 2.35. The van der Waals surface area contributed by atoms with Crippen molar-refractivity contribution in [2.75, 3.05) is 17.7 Å². The monoisotopic (exact) mass is 262 g/mol. The van der Waals surface area contributed by atoms with Gasteiger partial charge < -0.3 is 15.8 Å². The lowest BCUT2D eigenvalue weighted by Crippen LogP contribution is -2.09. The van der Waals surface area contributed by atoms with Gasteiger partial charge in [-0.1, -0.05) is 13.3 Å². The van der Waals surface area contributed by atoms with Crippen LogP contribution >= 0.6 is 0 Å². The summed E-state index contributed by atoms with van der Waals surface area (Å²) in [6.07, 6.45) is 3.70. The van der Waals surface area contributed by atoms with Gasteiger partial charge in [-0.05, 0) is 43.9 Å². The average Bonchev–Trinajstić information content (AvgIpc) is 3.11. The van der Waals surface area contributed by atoms with E-state index in [0.717, 1.165) is 11.6 Å². The summed E-state index contributed by atoms with van der Waals surface area (Å²) in [4.78, 5) is 11.6. The van der Waals surface area contributed by atoms with Crippen molar-refractivity contribution in [3.63, 3.8) is 0 Å². The standard InChI is InChI=1S/C15H22N2O2/c1-3-5-10-9-14(10)17-13-7-6-11(8-12(13)16)15(18)19-4-2/h6-8,10,14,17H,3-5,9,16H2,1-2H3. The number of carbonyl (C=O) groups excluding carboxylic acids is 1. The SMILES string of the molecule is CCCC1CC1Nc1ccc(C(=O)OCC)cc1N. The van der Waals surface area contributed by atoms with E-state index < -0.39 is 0 Å². The molecule has 0 radical (unpaired) electrons. The Hall–Kier alpha value is -1.71. The van der Waals surface area contributed by atoms with Crippen LogP contribution in [0.5, 0.6) is 0 Å². The molecule has 4 nitrogen and oxygen atoms in total. The first kappa shape index (κ1) is 13.7. The Morgan fingerprint density at radius 1 is 1.47 bits per heavy atom. The van der Waals surface area contributed by atoms with Gasteiger partial charge in [0, 0.05) is 6.04 Å². The van der Waals surface area contributed by atoms with Crippen LogP contribution in [0.2, 0.25) is 0 Å². The van der Waals surface area contributed by atoms with Gasteiger partial charge in [0.1, 0.15) is 0 Å². The van der Waals surface area contributed by atoms with Crippen molar-refractivity contribution in [1.29, 1.82) is 0 Å². The highest BCUT2D eigenvalue weighted by molar-refractivity contribution is 5.92. The van der Waals surface area contributed by atoms with Crippen LogP contribution in [0.3, 0.4) is 0 Å². The van der Waals surface area contributed by atoms with Crippen LogP contribution in [0.4, 0.5) is 11.4 Å². The molecule has 0 amide bonds. The van der Waals surface area contributed by atoms with Crippen LogP contribution in [0.15, 0.2) is 18.2 Å². The summed E-state index contributed by atoms with van der Waals surface area (Å²) in [5.74, 6) is 0.449. The summed E-state index contributed by atoms with van der Waals surface area (Å²) in [5, 5.41) is 3.44. The zero-order valence-electron chi connectivity index (χ0n) is 11.6. The molecule has 104 valence electrons. The molecule has 2 rings (SSSR count). The molecule has 19 heavy (non-hydrogen) atoms. The van der Waals surface area contributed by atoms with E-state index in [-0.39, 0.29) is 5.97 Å². The predicted octanol–water partition coefficient (Wildman–Crippen LogP) is 3.05. The summed E-state index contributed by atoms with van der Waals surface area (Å²) < 4.78 is 4.95. The van der Waals surface area contributed by atoms with Gasteiger partial charge in [0.25, 0.3) is 0 Å². The largest absolute Gasteiger partial charge is 0.462 e. The maximum Gasteiger partial charge on any atom is 0.338 e. The Labute approximate surface area is 114 Å². The van der Waals surface area contributed by atoms with Crippen LogP contribution < -0.4 is 11.1 Å². The van der Waals surface area contributed by atoms with Gasteiger partial charge in [-0.25, -0.2) is 4.79 Å². The molecule has 0 saturated heterocycles. The lowest BCUT2D eigenvalue weighted by atomic mass is 10.1. The van der Waals surface area contributed by atoms with Gasteiger partial charge in [0.2, 0.25) is 0 Å². The van der Waals surface area contributed by atoms with Crippen LogP contribution in [-0.4, -0.2) is 18.6 Å². The van der Waals surface area contributed by atoms with E-state index in [1.54, 1.807) is 19.1 Å². The number of ether oxygens (including phenoxy) is 1. The summed E-state index contributed by atoms with van der Waals surface area (Å²) in [7, 11) is 0. The molecule has 0 aromatic heterocycles. The molecule has 1 aliphatic rings. The lowest BCUT2D eigenvalue weighted by Gasteiger charge is -2.10. The van der Waals surface area contributed by atoms with Gasteiger partial charge >= 0.3 is 5.97 Å². The number of nitrogens with one attached hydrogen (secondary N) is 1. The highest BCUT2D eigenvalue weighted by Gasteiger charge is 2.36. The minimum atomic E-state index is -0.323. The first-order valence-corrected chi connectivity index (χ1v) is 6.98. The van der Waals surface area contributed by atoms with Crippen molar-refractivity contribution in [3.05, 3.63) is 23.8 Å². The maximum absolute atomic E-state index is 11.6. The van der Waals surface area contributed by atoms with E-state index >= 15 is 0 Å². The molecule has 0 spiro atoms. The predicted molar refractivity (Wildman–Crippen MR) is 77.2 cm³/mol. The highest BCUT2D eigenvalue weighted by atomic mass is 16.5. The van der Waals surface area contributed by atoms with Crippen molar-refractivity contribution >= 4 is 17.3 Å². The summed E-state index contributed by atoms with van der Waals surface area (Å²) >= 11 is 0. The zero-order valence-corrected chi connectivity index (χ0v) is 11.6. The molecular formula is C15H22N2O2. The Morgan fingerprint density at radius 3 is 2.89 bits per heavy atom. The average molecular weight is 262 g/mol. The summed E-state index contributed by atoms with van der Waals surface area (Å²) in [6.45, 7) is 4.37. The van der Waals surface area contributed by atoms with E-state index in [1.165, 1.54) is 19.3 Å². The highest BCUT2D eigenvalue weighted by Crippen LogP contribution is 2.38. The second-order valence-corrected chi connectivity index (χ2v) is 5.06. The number of hydrogen-bond acceptors (Lipinski definition) is 4. The van der Waals surface area contributed by atoms with Gasteiger partial charge in [-0.15, -0.1) is 0 Å². The first-order valence-electron chi connectivity index (χ1n) is 6.98. The number of anilines is 2. The Balaban J connectivity index is 1.98. The number of rotatable bonds is 6. The lowest BCUT2D eigenvalue weighted by molar-refractivity contribution is 0.0526. The number of hydrogen-bond donors (Lipinski definition) is 2. The van der Waals surface area contributed by atoms with Crippen molar-refractivity contribution in [3.8, 4) is 0 Å². The molecule has 2 atom stereocenters. The van der Waals surface area contributed by atoms with E-state index in [2.05, 4.69) is 12.2 Å². The van der Waals surface area contributed by atoms with Crippen molar-refractivity contribution in [1.82, 2.24) is 0 Å². The molecule has 0 aliphatic heterocycles. The molecule has 0 bridgehead atoms. The number of nitrogens with two attached hydrogens (primary N) is 1. The van der Waals surface area contributed by atoms with Crippen LogP contribution in [-0.2, 0) is 4.74 Å². The zero-order chi connectivity index (χ0) is 13.8. The first-order chi connectivity index (χ1) is 9.15. The molecule has 3 N–H and O–H groups in total. The third-order valence-electron chi connectivity index (χ3n) is 3.49. The molecule has 1 fully saturated rings. The fraction of sp³-hybridized carbons (Fsp3) is 0.533. The topological polar surface area (TPSA) is 64.3 Å². The third kappa shape index (κ3) is 3.40. The third-order valence-corrected chi connectivity index (χ3v) is 3.49. The number of carbonyl (C=O) groups is 1. The summed E-state index contributed by atoms with van der Waals surface area (Å²) in [5.41, 5.74) is 8.00. The Bertz CT molecular complexity index is 459. The van der Waals surface area contributed by atoms with E-state index in [4.69, 9.17) is 10.5 Å². The Kier molecular flexibility index (Phi) is 4.30. The number of benzene rings is 1. The van der Waals surface area contributed by atoms with Crippen molar-refractivity contribution < 1.29 is 9.53 Å². The van der Waals surface area contributed by atoms with Gasteiger partial charge in [0.05, 0.1) is 23.5 Å². The second-order valence-electron chi connectivity index (χ2n) is 5.06. The summed E-state index contributed by atoms with van der Waals surface area (Å²) in [6, 6.07) is 5.84. The Morgan fingerprint density at radius 2 is 2.26 bits per heavy atom. The van der Waals surface area contributed by atoms with Gasteiger partial charge in [0.15, 0.2) is 0 Å². The maximum atomic E-state index is 11.6. The van der Waals surface area contributed by atoms with Crippen molar-refractivity contribution in [2.45, 2.75) is 39.2 Å². The smallest absolute Gasteiger partial charge is 0.338 e. The molecule has 1 aliphatic carbocycles. The quantitative estimate of drug-likeness (QED) is 0.611. The molecule has 1 saturated carbocycles. The molecule has 1 aromatic carbocycles. The normalized spacial score (nSPS) is 20.9. The second kappa shape index (κ2) is 5.95. The number of nitrogen functional groups attached to an aromatic ring is 1. The molecule has 4 heteroatoms. The van der Waals surface area contributed by atoms with E-state index in [9.17, 15) is 4.79 Å². The van der Waals surface area contributed by atoms with E-state index in [1.807, 2.05) is 6.07 Å². The number of esters is 1. The minimum absolute atomic E-state index is 0.323. The van der Waals surface area contributed by atoms with Crippen molar-refractivity contribution in [2.24, 2.45) is 5.92 Å². The molecule has 0 heterocycles. The fourth-order valence-corrected chi connectivity index (χ4v) is 2.35. The minimum Gasteiger partial charge on any atom is -0.462 e.